The van der Waals surface area contributed by atoms with Crippen LogP contribution in [-0.2, 0) is 17.8 Å². The molecular formula is C23H26ClFN2O. The number of aryl methyl sites for hydroxylation is 1. The Balaban J connectivity index is 1.32. The summed E-state index contributed by atoms with van der Waals surface area (Å²) >= 11 is 6.15. The Morgan fingerprint density at radius 1 is 1.11 bits per heavy atom. The van der Waals surface area contributed by atoms with E-state index in [-0.39, 0.29) is 23.7 Å². The summed E-state index contributed by atoms with van der Waals surface area (Å²) in [5, 5.41) is 3.76. The van der Waals surface area contributed by atoms with E-state index in [1.807, 2.05) is 0 Å². The topological polar surface area (TPSA) is 32.3 Å². The molecule has 1 fully saturated rings. The van der Waals surface area contributed by atoms with Crippen LogP contribution >= 0.6 is 11.6 Å². The van der Waals surface area contributed by atoms with Crippen LogP contribution in [0.3, 0.4) is 0 Å². The van der Waals surface area contributed by atoms with Crippen molar-refractivity contribution in [3.63, 3.8) is 0 Å². The molecule has 1 saturated heterocycles. The molecule has 0 aromatic heterocycles. The molecule has 0 unspecified atom stereocenters. The zero-order valence-corrected chi connectivity index (χ0v) is 16.7. The Hall–Kier alpha value is -1.91. The lowest BCUT2D eigenvalue weighted by molar-refractivity contribution is -0.127. The van der Waals surface area contributed by atoms with Crippen LogP contribution in [0.1, 0.15) is 48.4 Å². The molecule has 0 bridgehead atoms. The number of nitrogens with zero attached hydrogens (tertiary/aromatic N) is 1. The highest BCUT2D eigenvalue weighted by atomic mass is 35.5. The highest BCUT2D eigenvalue weighted by Crippen LogP contribution is 2.30. The number of hydrogen-bond donors (Lipinski definition) is 1. The molecule has 1 aliphatic heterocycles. The van der Waals surface area contributed by atoms with Crippen molar-refractivity contribution in [2.45, 2.75) is 44.7 Å². The lowest BCUT2D eigenvalue weighted by Crippen LogP contribution is -2.42. The highest BCUT2D eigenvalue weighted by Gasteiger charge is 2.29. The van der Waals surface area contributed by atoms with E-state index >= 15 is 0 Å². The van der Waals surface area contributed by atoms with Crippen molar-refractivity contribution in [3.05, 3.63) is 70.0 Å². The molecule has 0 spiro atoms. The number of piperidine rings is 1. The minimum absolute atomic E-state index is 0.0291. The highest BCUT2D eigenvalue weighted by molar-refractivity contribution is 6.31. The third-order valence-electron chi connectivity index (χ3n) is 6.09. The second-order valence-corrected chi connectivity index (χ2v) is 8.31. The molecule has 0 saturated carbocycles. The summed E-state index contributed by atoms with van der Waals surface area (Å²) in [6, 6.07) is 13.4. The van der Waals surface area contributed by atoms with Crippen LogP contribution in [0, 0.1) is 11.7 Å². The van der Waals surface area contributed by atoms with Crippen molar-refractivity contribution in [2.24, 2.45) is 5.92 Å². The first-order chi connectivity index (χ1) is 13.6. The van der Waals surface area contributed by atoms with E-state index in [4.69, 9.17) is 11.6 Å². The smallest absolute Gasteiger partial charge is 0.223 e. The van der Waals surface area contributed by atoms with Gasteiger partial charge in [0.25, 0.3) is 0 Å². The zero-order chi connectivity index (χ0) is 19.5. The maximum atomic E-state index is 14.0. The van der Waals surface area contributed by atoms with E-state index in [1.165, 1.54) is 17.2 Å². The minimum atomic E-state index is -0.261. The molecule has 1 N–H and O–H groups in total. The van der Waals surface area contributed by atoms with Gasteiger partial charge in [-0.1, -0.05) is 41.9 Å². The molecule has 4 rings (SSSR count). The number of rotatable bonds is 4. The Morgan fingerprint density at radius 2 is 1.89 bits per heavy atom. The number of likely N-dealkylation sites (tertiary alicyclic amines) is 1. The van der Waals surface area contributed by atoms with Crippen LogP contribution in [0.25, 0.3) is 0 Å². The van der Waals surface area contributed by atoms with E-state index < -0.39 is 0 Å². The van der Waals surface area contributed by atoms with E-state index in [9.17, 15) is 9.18 Å². The molecule has 148 valence electrons. The molecule has 1 atom stereocenters. The number of fused-ring (bicyclic) bond motifs is 1. The van der Waals surface area contributed by atoms with Crippen molar-refractivity contribution in [1.29, 1.82) is 0 Å². The number of amides is 1. The molecule has 1 heterocycles. The van der Waals surface area contributed by atoms with Gasteiger partial charge in [0.1, 0.15) is 5.82 Å². The van der Waals surface area contributed by atoms with Gasteiger partial charge in [0, 0.05) is 23.0 Å². The van der Waals surface area contributed by atoms with Gasteiger partial charge in [-0.3, -0.25) is 9.69 Å². The van der Waals surface area contributed by atoms with E-state index in [2.05, 4.69) is 34.5 Å². The predicted octanol–water partition coefficient (Wildman–Crippen LogP) is 4.88. The number of nitrogens with one attached hydrogen (secondary N) is 1. The Bertz CT molecular complexity index is 828. The molecule has 5 heteroatoms. The first-order valence-corrected chi connectivity index (χ1v) is 10.5. The van der Waals surface area contributed by atoms with Crippen LogP contribution in [0.15, 0.2) is 42.5 Å². The number of carbonyl (C=O) groups is 1. The summed E-state index contributed by atoms with van der Waals surface area (Å²) in [7, 11) is 0. The zero-order valence-electron chi connectivity index (χ0n) is 16.0. The summed E-state index contributed by atoms with van der Waals surface area (Å²) in [5.74, 6) is -0.0740. The Kier molecular flexibility index (Phi) is 5.98. The molecule has 2 aliphatic rings. The summed E-state index contributed by atoms with van der Waals surface area (Å²) in [4.78, 5) is 15.0. The van der Waals surface area contributed by atoms with Crippen LogP contribution < -0.4 is 5.32 Å². The second-order valence-electron chi connectivity index (χ2n) is 7.90. The molecule has 1 amide bonds. The molecular weight excluding hydrogens is 375 g/mol. The quantitative estimate of drug-likeness (QED) is 0.792. The third-order valence-corrected chi connectivity index (χ3v) is 6.44. The van der Waals surface area contributed by atoms with Gasteiger partial charge in [-0.05, 0) is 68.5 Å². The summed E-state index contributed by atoms with van der Waals surface area (Å²) in [6.07, 6.45) is 4.81. The second kappa shape index (κ2) is 8.62. The average Bonchev–Trinajstić information content (AvgIpc) is 2.71. The van der Waals surface area contributed by atoms with E-state index in [0.717, 1.165) is 45.2 Å². The molecule has 1 aliphatic carbocycles. The normalized spacial score (nSPS) is 20.6. The fraction of sp³-hybridized carbons (Fsp3) is 0.435. The Labute approximate surface area is 170 Å². The van der Waals surface area contributed by atoms with Gasteiger partial charge >= 0.3 is 0 Å². The lowest BCUT2D eigenvalue weighted by Gasteiger charge is -2.33. The number of halogens is 2. The van der Waals surface area contributed by atoms with Crippen LogP contribution in [0.4, 0.5) is 4.39 Å². The van der Waals surface area contributed by atoms with Crippen molar-refractivity contribution < 1.29 is 9.18 Å². The van der Waals surface area contributed by atoms with Gasteiger partial charge in [0.05, 0.1) is 6.04 Å². The van der Waals surface area contributed by atoms with Crippen molar-refractivity contribution >= 4 is 17.5 Å². The predicted molar refractivity (Wildman–Crippen MR) is 110 cm³/mol. The molecule has 2 aromatic carbocycles. The van der Waals surface area contributed by atoms with Crippen molar-refractivity contribution in [2.75, 3.05) is 13.1 Å². The standard InChI is InChI=1S/C23H26ClFN2O/c24-20-8-4-9-21(25)19(20)15-27-13-11-17(12-14-27)23(28)26-22-10-3-6-16-5-1-2-7-18(16)22/h1-2,4-5,7-9,17,22H,3,6,10-15H2,(H,26,28)/t22-/m0/s1. The van der Waals surface area contributed by atoms with Crippen molar-refractivity contribution in [3.8, 4) is 0 Å². The van der Waals surface area contributed by atoms with E-state index in [1.54, 1.807) is 12.1 Å². The van der Waals surface area contributed by atoms with Gasteiger partial charge in [-0.15, -0.1) is 0 Å². The molecule has 3 nitrogen and oxygen atoms in total. The Morgan fingerprint density at radius 3 is 2.68 bits per heavy atom. The minimum Gasteiger partial charge on any atom is -0.349 e. The summed E-state index contributed by atoms with van der Waals surface area (Å²) in [5.41, 5.74) is 3.18. The number of carbonyl (C=O) groups excluding carboxylic acids is 1. The van der Waals surface area contributed by atoms with Crippen molar-refractivity contribution in [1.82, 2.24) is 10.2 Å². The lowest BCUT2D eigenvalue weighted by atomic mass is 9.87. The first kappa shape index (κ1) is 19.4. The summed E-state index contributed by atoms with van der Waals surface area (Å²) in [6.45, 7) is 2.06. The molecule has 0 radical (unpaired) electrons. The monoisotopic (exact) mass is 400 g/mol. The maximum absolute atomic E-state index is 14.0. The largest absolute Gasteiger partial charge is 0.349 e. The SMILES string of the molecule is O=C(N[C@H]1CCCc2ccccc21)C1CCN(Cc2c(F)cccc2Cl)CC1. The average molecular weight is 401 g/mol. The first-order valence-electron chi connectivity index (χ1n) is 10.2. The van der Waals surface area contributed by atoms with Gasteiger partial charge in [-0.25, -0.2) is 4.39 Å². The fourth-order valence-corrected chi connectivity index (χ4v) is 4.68. The maximum Gasteiger partial charge on any atom is 0.223 e. The fourth-order valence-electron chi connectivity index (χ4n) is 4.45. The molecule has 28 heavy (non-hydrogen) atoms. The van der Waals surface area contributed by atoms with Crippen LogP contribution in [0.5, 0.6) is 0 Å². The van der Waals surface area contributed by atoms with Gasteiger partial charge < -0.3 is 5.32 Å². The number of benzene rings is 2. The van der Waals surface area contributed by atoms with Crippen LogP contribution in [0.2, 0.25) is 5.02 Å². The number of hydrogen-bond acceptors (Lipinski definition) is 2. The van der Waals surface area contributed by atoms with E-state index in [0.29, 0.717) is 17.1 Å². The van der Waals surface area contributed by atoms with Gasteiger partial charge in [-0.2, -0.15) is 0 Å². The third kappa shape index (κ3) is 4.23. The molecule has 2 aromatic rings. The van der Waals surface area contributed by atoms with Crippen LogP contribution in [-0.4, -0.2) is 23.9 Å². The van der Waals surface area contributed by atoms with Gasteiger partial charge in [0.15, 0.2) is 0 Å². The summed E-state index contributed by atoms with van der Waals surface area (Å²) < 4.78 is 14.0. The van der Waals surface area contributed by atoms with Gasteiger partial charge in [0.2, 0.25) is 5.91 Å².